The smallest absolute Gasteiger partial charge is 0.227 e. The molecule has 5 nitrogen and oxygen atoms in total. The van der Waals surface area contributed by atoms with Crippen molar-refractivity contribution in [2.75, 3.05) is 13.1 Å². The summed E-state index contributed by atoms with van der Waals surface area (Å²) in [6.45, 7) is 3.69. The molecule has 3 aromatic heterocycles. The minimum absolute atomic E-state index is 0.226. The molecule has 1 fully saturated rings. The van der Waals surface area contributed by atoms with E-state index in [1.165, 1.54) is 4.88 Å². The van der Waals surface area contributed by atoms with Crippen molar-refractivity contribution >= 4 is 28.3 Å². The monoisotopic (exact) mass is 340 g/mol. The number of H-pyrrole nitrogens is 1. The molecule has 0 aromatic carbocycles. The summed E-state index contributed by atoms with van der Waals surface area (Å²) in [5.74, 6) is 0.532. The summed E-state index contributed by atoms with van der Waals surface area (Å²) in [6.07, 6.45) is 4.40. The molecule has 0 unspecified atom stereocenters. The number of rotatable bonds is 3. The Hall–Kier alpha value is -2.21. The number of nitrogens with zero attached hydrogens (tertiary/aromatic N) is 3. The molecule has 124 valence electrons. The molecule has 1 N–H and O–H groups in total. The molecule has 0 bridgehead atoms. The molecule has 0 spiro atoms. The van der Waals surface area contributed by atoms with Gasteiger partial charge in [-0.1, -0.05) is 0 Å². The number of thiophene rings is 1. The number of hydrogen-bond acceptors (Lipinski definition) is 4. The Kier molecular flexibility index (Phi) is 4.06. The van der Waals surface area contributed by atoms with E-state index in [-0.39, 0.29) is 5.91 Å². The van der Waals surface area contributed by atoms with Gasteiger partial charge in [0.25, 0.3) is 0 Å². The topological polar surface area (TPSA) is 61.9 Å². The first kappa shape index (κ1) is 15.3. The molecule has 3 aromatic rings. The lowest BCUT2D eigenvalue weighted by Crippen LogP contribution is -2.40. The minimum atomic E-state index is 0.226. The van der Waals surface area contributed by atoms with Crippen molar-refractivity contribution in [3.05, 3.63) is 45.9 Å². The molecule has 0 saturated carbocycles. The van der Waals surface area contributed by atoms with E-state index in [0.29, 0.717) is 12.3 Å². The number of aryl methyl sites for hydroxylation is 1. The van der Waals surface area contributed by atoms with Crippen molar-refractivity contribution in [2.24, 2.45) is 0 Å². The van der Waals surface area contributed by atoms with Gasteiger partial charge in [-0.25, -0.2) is 4.98 Å². The number of piperidine rings is 1. The normalized spacial score (nSPS) is 18.2. The lowest BCUT2D eigenvalue weighted by atomic mass is 9.94. The van der Waals surface area contributed by atoms with Crippen molar-refractivity contribution in [1.29, 1.82) is 0 Å². The van der Waals surface area contributed by atoms with E-state index in [1.54, 1.807) is 17.5 Å². The highest BCUT2D eigenvalue weighted by molar-refractivity contribution is 7.12. The Morgan fingerprint density at radius 1 is 1.38 bits per heavy atom. The second-order valence-electron chi connectivity index (χ2n) is 6.41. The molecule has 0 radical (unpaired) electrons. The van der Waals surface area contributed by atoms with Gasteiger partial charge >= 0.3 is 0 Å². The van der Waals surface area contributed by atoms with E-state index < -0.39 is 0 Å². The first-order valence-corrected chi connectivity index (χ1v) is 9.14. The van der Waals surface area contributed by atoms with Crippen LogP contribution in [0, 0.1) is 6.92 Å². The van der Waals surface area contributed by atoms with Crippen LogP contribution in [0.25, 0.3) is 11.0 Å². The van der Waals surface area contributed by atoms with E-state index in [0.717, 1.165) is 47.5 Å². The third-order valence-electron chi connectivity index (χ3n) is 4.64. The molecule has 4 rings (SSSR count). The molecule has 24 heavy (non-hydrogen) atoms. The van der Waals surface area contributed by atoms with Gasteiger partial charge < -0.3 is 4.90 Å². The van der Waals surface area contributed by atoms with Gasteiger partial charge in [0.2, 0.25) is 5.91 Å². The summed E-state index contributed by atoms with van der Waals surface area (Å²) in [4.78, 5) is 21.7. The van der Waals surface area contributed by atoms with Crippen molar-refractivity contribution in [3.63, 3.8) is 0 Å². The van der Waals surface area contributed by atoms with Crippen molar-refractivity contribution in [3.8, 4) is 0 Å². The van der Waals surface area contributed by atoms with E-state index >= 15 is 0 Å². The molecule has 1 aliphatic rings. The summed E-state index contributed by atoms with van der Waals surface area (Å²) in [6, 6.07) is 8.26. The molecule has 1 aliphatic heterocycles. The first-order chi connectivity index (χ1) is 11.7. The van der Waals surface area contributed by atoms with E-state index in [9.17, 15) is 4.79 Å². The van der Waals surface area contributed by atoms with E-state index in [2.05, 4.69) is 46.4 Å². The van der Waals surface area contributed by atoms with Gasteiger partial charge in [0.1, 0.15) is 0 Å². The van der Waals surface area contributed by atoms with Crippen LogP contribution in [0.1, 0.15) is 34.2 Å². The lowest BCUT2D eigenvalue weighted by Gasteiger charge is -2.32. The van der Waals surface area contributed by atoms with Crippen LogP contribution in [0.15, 0.2) is 30.5 Å². The molecule has 0 aliphatic carbocycles. The average molecular weight is 340 g/mol. The number of carbonyl (C=O) groups excluding carboxylic acids is 1. The number of pyridine rings is 1. The second-order valence-corrected chi connectivity index (χ2v) is 7.78. The van der Waals surface area contributed by atoms with Crippen LogP contribution in [0.2, 0.25) is 0 Å². The quantitative estimate of drug-likeness (QED) is 0.796. The Bertz CT molecular complexity index is 869. The maximum Gasteiger partial charge on any atom is 0.227 e. The van der Waals surface area contributed by atoms with Crippen LogP contribution in [0.5, 0.6) is 0 Å². The van der Waals surface area contributed by atoms with Gasteiger partial charge in [0.15, 0.2) is 5.65 Å². The molecular formula is C18H20N4OS. The van der Waals surface area contributed by atoms with E-state index in [4.69, 9.17) is 0 Å². The predicted molar refractivity (Wildman–Crippen MR) is 95.2 cm³/mol. The number of fused-ring (bicyclic) bond motifs is 1. The van der Waals surface area contributed by atoms with Crippen molar-refractivity contribution < 1.29 is 4.79 Å². The highest BCUT2D eigenvalue weighted by atomic mass is 32.1. The van der Waals surface area contributed by atoms with Crippen LogP contribution >= 0.6 is 11.3 Å². The number of likely N-dealkylation sites (tertiary alicyclic amines) is 1. The van der Waals surface area contributed by atoms with Gasteiger partial charge in [-0.05, 0) is 44.0 Å². The first-order valence-electron chi connectivity index (χ1n) is 8.32. The van der Waals surface area contributed by atoms with Crippen LogP contribution in [-0.4, -0.2) is 39.1 Å². The van der Waals surface area contributed by atoms with E-state index in [1.807, 2.05) is 4.90 Å². The fraction of sp³-hybridized carbons (Fsp3) is 0.389. The average Bonchev–Trinajstić information content (AvgIpc) is 3.23. The zero-order valence-electron chi connectivity index (χ0n) is 13.7. The Balaban J connectivity index is 1.47. The maximum atomic E-state index is 12.6. The molecule has 6 heteroatoms. The molecule has 1 atom stereocenters. The van der Waals surface area contributed by atoms with Crippen molar-refractivity contribution in [2.45, 2.75) is 32.1 Å². The highest BCUT2D eigenvalue weighted by Gasteiger charge is 2.26. The van der Waals surface area contributed by atoms with Crippen LogP contribution in [0.3, 0.4) is 0 Å². The zero-order chi connectivity index (χ0) is 16.5. The molecule has 1 amide bonds. The van der Waals surface area contributed by atoms with Gasteiger partial charge in [0, 0.05) is 39.8 Å². The van der Waals surface area contributed by atoms with Crippen LogP contribution < -0.4 is 0 Å². The summed E-state index contributed by atoms with van der Waals surface area (Å²) >= 11 is 1.71. The largest absolute Gasteiger partial charge is 0.342 e. The highest BCUT2D eigenvalue weighted by Crippen LogP contribution is 2.27. The number of hydrogen-bond donors (Lipinski definition) is 1. The maximum absolute atomic E-state index is 12.6. The fourth-order valence-electron chi connectivity index (χ4n) is 3.36. The van der Waals surface area contributed by atoms with Gasteiger partial charge in [-0.2, -0.15) is 5.10 Å². The number of nitrogens with one attached hydrogen (secondary N) is 1. The molecular weight excluding hydrogens is 320 g/mol. The third-order valence-corrected chi connectivity index (χ3v) is 5.64. The Morgan fingerprint density at radius 3 is 3.12 bits per heavy atom. The van der Waals surface area contributed by atoms with Gasteiger partial charge in [0.05, 0.1) is 12.6 Å². The van der Waals surface area contributed by atoms with Gasteiger partial charge in [-0.3, -0.25) is 9.89 Å². The number of amides is 1. The SMILES string of the molecule is Cc1ccc(CC(=O)N2CCC[C@@H](c3ccc4cn[nH]c4n3)C2)s1. The number of aromatic nitrogens is 3. The van der Waals surface area contributed by atoms with Gasteiger partial charge in [-0.15, -0.1) is 11.3 Å². The summed E-state index contributed by atoms with van der Waals surface area (Å²) in [7, 11) is 0. The predicted octanol–water partition coefficient (Wildman–Crippen LogP) is 3.28. The fourth-order valence-corrected chi connectivity index (χ4v) is 4.24. The summed E-state index contributed by atoms with van der Waals surface area (Å²) in [5, 5.41) is 7.98. The second kappa shape index (κ2) is 6.36. The molecule has 1 saturated heterocycles. The minimum Gasteiger partial charge on any atom is -0.342 e. The lowest BCUT2D eigenvalue weighted by molar-refractivity contribution is -0.131. The van der Waals surface area contributed by atoms with Crippen LogP contribution in [0.4, 0.5) is 0 Å². The number of aromatic amines is 1. The number of carbonyl (C=O) groups is 1. The summed E-state index contributed by atoms with van der Waals surface area (Å²) in [5.41, 5.74) is 1.88. The summed E-state index contributed by atoms with van der Waals surface area (Å²) < 4.78 is 0. The standard InChI is InChI=1S/C18H20N4OS/c1-12-4-6-15(24-12)9-17(23)22-8-2-3-14(11-22)16-7-5-13-10-19-21-18(13)20-16/h4-7,10,14H,2-3,8-9,11H2,1H3,(H,19,20,21)/t14-/m1/s1. The zero-order valence-corrected chi connectivity index (χ0v) is 14.5. The third kappa shape index (κ3) is 3.06. The Labute approximate surface area is 144 Å². The molecule has 4 heterocycles. The van der Waals surface area contributed by atoms with Crippen molar-refractivity contribution in [1.82, 2.24) is 20.1 Å². The van der Waals surface area contributed by atoms with Crippen LogP contribution in [-0.2, 0) is 11.2 Å². The Morgan fingerprint density at radius 2 is 2.29 bits per heavy atom.